The average Bonchev–Trinajstić information content (AvgIpc) is 2.30. The van der Waals surface area contributed by atoms with E-state index in [1.54, 1.807) is 7.11 Å². The van der Waals surface area contributed by atoms with Crippen molar-refractivity contribution >= 4 is 0 Å². The fourth-order valence-corrected chi connectivity index (χ4v) is 1.36. The minimum Gasteiger partial charge on any atom is -0.374 e. The van der Waals surface area contributed by atoms with Gasteiger partial charge in [0.2, 0.25) is 0 Å². The maximum absolute atomic E-state index is 10.4. The maximum Gasteiger partial charge on any atom is 0.386 e. The highest BCUT2D eigenvalue weighted by molar-refractivity contribution is 5.30. The van der Waals surface area contributed by atoms with Crippen LogP contribution in [0.25, 0.3) is 0 Å². The smallest absolute Gasteiger partial charge is 0.374 e. The quantitative estimate of drug-likeness (QED) is 0.697. The topological polar surface area (TPSA) is 9.23 Å². The Morgan fingerprint density at radius 1 is 0.947 bits per heavy atom. The Bertz CT molecular complexity index is 337. The number of hydrogen-bond acceptors (Lipinski definition) is 1. The van der Waals surface area contributed by atoms with Crippen molar-refractivity contribution in [3.8, 4) is 0 Å². The molecular weight excluding hydrogens is 253 g/mol. The second-order valence-corrected chi connectivity index (χ2v) is 4.31. The van der Waals surface area contributed by atoms with Crippen LogP contribution in [0.5, 0.6) is 0 Å². The first-order valence-electron chi connectivity index (χ1n) is 6.26. The van der Waals surface area contributed by atoms with Gasteiger partial charge in [0, 0.05) is 14.0 Å². The van der Waals surface area contributed by atoms with Crippen LogP contribution in [0.15, 0.2) is 24.3 Å². The molecule has 19 heavy (non-hydrogen) atoms. The second-order valence-electron chi connectivity index (χ2n) is 4.31. The highest BCUT2D eigenvalue weighted by atomic mass is 19.4. The van der Waals surface area contributed by atoms with Crippen molar-refractivity contribution in [3.05, 3.63) is 35.4 Å². The lowest BCUT2D eigenvalue weighted by molar-refractivity contribution is -0.110. The molecule has 1 aromatic rings. The van der Waals surface area contributed by atoms with Gasteiger partial charge in [-0.2, -0.15) is 13.2 Å². The predicted octanol–water partition coefficient (Wildman–Crippen LogP) is 5.47. The zero-order valence-electron chi connectivity index (χ0n) is 12.9. The molecular formula is C15H25F3O. The lowest BCUT2D eigenvalue weighted by Gasteiger charge is -2.25. The Labute approximate surface area is 114 Å². The zero-order chi connectivity index (χ0) is 15.7. The summed E-state index contributed by atoms with van der Waals surface area (Å²) in [6.07, 6.45) is -4.00. The number of hydrogen-bond donors (Lipinski definition) is 0. The molecule has 0 saturated heterocycles. The van der Waals surface area contributed by atoms with Gasteiger partial charge in [0.05, 0.1) is 5.60 Å². The van der Waals surface area contributed by atoms with Crippen LogP contribution in [0.1, 0.15) is 45.7 Å². The molecule has 0 unspecified atom stereocenters. The van der Waals surface area contributed by atoms with Crippen molar-refractivity contribution in [2.45, 2.75) is 53.3 Å². The fraction of sp³-hybridized carbons (Fsp3) is 0.600. The van der Waals surface area contributed by atoms with E-state index in [2.05, 4.69) is 32.9 Å². The third-order valence-corrected chi connectivity index (χ3v) is 2.30. The molecule has 1 nitrogen and oxygen atoms in total. The van der Waals surface area contributed by atoms with Crippen molar-refractivity contribution in [2.75, 3.05) is 7.11 Å². The zero-order valence-corrected chi connectivity index (χ0v) is 12.9. The summed E-state index contributed by atoms with van der Waals surface area (Å²) in [7, 11) is 1.74. The van der Waals surface area contributed by atoms with Crippen LogP contribution < -0.4 is 0 Å². The fourth-order valence-electron chi connectivity index (χ4n) is 1.36. The van der Waals surface area contributed by atoms with Crippen molar-refractivity contribution in [3.63, 3.8) is 0 Å². The number of rotatable bonds is 2. The second kappa shape index (κ2) is 8.97. The van der Waals surface area contributed by atoms with E-state index in [0.29, 0.717) is 0 Å². The highest BCUT2D eigenvalue weighted by Gasteiger charge is 2.20. The van der Waals surface area contributed by atoms with Crippen LogP contribution in [0.2, 0.25) is 0 Å². The largest absolute Gasteiger partial charge is 0.386 e. The van der Waals surface area contributed by atoms with E-state index in [-0.39, 0.29) is 12.5 Å². The molecule has 1 rings (SSSR count). The first-order chi connectivity index (χ1) is 8.58. The van der Waals surface area contributed by atoms with Crippen LogP contribution in [0, 0.1) is 6.92 Å². The van der Waals surface area contributed by atoms with Crippen LogP contribution in [-0.4, -0.2) is 13.3 Å². The summed E-state index contributed by atoms with van der Waals surface area (Å²) in [6.45, 7) is 10.5. The third-order valence-electron chi connectivity index (χ3n) is 2.30. The molecule has 0 aromatic heterocycles. The number of halogens is 3. The summed E-state index contributed by atoms with van der Waals surface area (Å²) in [4.78, 5) is 0. The van der Waals surface area contributed by atoms with Gasteiger partial charge in [-0.25, -0.2) is 0 Å². The number of benzene rings is 1. The number of ether oxygens (including phenoxy) is 1. The molecule has 112 valence electrons. The minimum atomic E-state index is -4.00. The average molecular weight is 278 g/mol. The third kappa shape index (κ3) is 10.6. The van der Waals surface area contributed by atoms with Crippen molar-refractivity contribution in [1.29, 1.82) is 0 Å². The molecule has 0 aliphatic carbocycles. The molecule has 0 heterocycles. The molecule has 1 aromatic carbocycles. The van der Waals surface area contributed by atoms with Crippen LogP contribution in [0.4, 0.5) is 13.2 Å². The lowest BCUT2D eigenvalue weighted by atomic mass is 9.94. The first-order valence-corrected chi connectivity index (χ1v) is 6.26. The highest BCUT2D eigenvalue weighted by Crippen LogP contribution is 2.26. The molecule has 0 amide bonds. The summed E-state index contributed by atoms with van der Waals surface area (Å²) in [5.74, 6) is 0. The van der Waals surface area contributed by atoms with Gasteiger partial charge < -0.3 is 4.74 Å². The lowest BCUT2D eigenvalue weighted by Crippen LogP contribution is -2.20. The van der Waals surface area contributed by atoms with Crippen molar-refractivity contribution in [1.82, 2.24) is 0 Å². The number of methoxy groups -OCH3 is 1. The van der Waals surface area contributed by atoms with Gasteiger partial charge in [-0.3, -0.25) is 0 Å². The van der Waals surface area contributed by atoms with Gasteiger partial charge in [-0.1, -0.05) is 38.1 Å². The molecule has 0 bridgehead atoms. The van der Waals surface area contributed by atoms with Crippen LogP contribution in [0.3, 0.4) is 0 Å². The van der Waals surface area contributed by atoms with Gasteiger partial charge in [-0.15, -0.1) is 0 Å². The Hall–Kier alpha value is -1.03. The number of aryl methyl sites for hydroxylation is 1. The van der Waals surface area contributed by atoms with E-state index >= 15 is 0 Å². The minimum absolute atomic E-state index is 0.175. The van der Waals surface area contributed by atoms with E-state index in [1.807, 2.05) is 26.0 Å². The summed E-state index contributed by atoms with van der Waals surface area (Å²) in [6, 6.07) is 8.31. The summed E-state index contributed by atoms with van der Waals surface area (Å²) in [5, 5.41) is 0. The van der Waals surface area contributed by atoms with E-state index in [9.17, 15) is 13.2 Å². The van der Waals surface area contributed by atoms with Gasteiger partial charge >= 0.3 is 6.18 Å². The molecule has 0 radical (unpaired) electrons. The molecule has 0 saturated carbocycles. The Morgan fingerprint density at radius 3 is 1.63 bits per heavy atom. The van der Waals surface area contributed by atoms with E-state index < -0.39 is 6.18 Å². The number of alkyl halides is 3. The molecule has 0 spiro atoms. The predicted molar refractivity (Wildman–Crippen MR) is 74.3 cm³/mol. The monoisotopic (exact) mass is 278 g/mol. The molecule has 0 N–H and O–H groups in total. The van der Waals surface area contributed by atoms with Gasteiger partial charge in [0.25, 0.3) is 0 Å². The molecule has 0 atom stereocenters. The van der Waals surface area contributed by atoms with Gasteiger partial charge in [0.15, 0.2) is 0 Å². The van der Waals surface area contributed by atoms with Crippen LogP contribution >= 0.6 is 0 Å². The molecule has 0 aliphatic heterocycles. The summed E-state index contributed by atoms with van der Waals surface area (Å²) in [5.41, 5.74) is 2.36. The first kappa shape index (κ1) is 20.3. The van der Waals surface area contributed by atoms with E-state index in [4.69, 9.17) is 4.74 Å². The van der Waals surface area contributed by atoms with Gasteiger partial charge in [0.1, 0.15) is 0 Å². The van der Waals surface area contributed by atoms with Crippen LogP contribution in [-0.2, 0) is 10.3 Å². The molecule has 0 fully saturated rings. The normalized spacial score (nSPS) is 10.8. The van der Waals surface area contributed by atoms with E-state index in [0.717, 1.165) is 0 Å². The van der Waals surface area contributed by atoms with Crippen molar-refractivity contribution in [2.24, 2.45) is 0 Å². The van der Waals surface area contributed by atoms with E-state index in [1.165, 1.54) is 11.1 Å². The molecule has 4 heteroatoms. The van der Waals surface area contributed by atoms with Crippen molar-refractivity contribution < 1.29 is 17.9 Å². The van der Waals surface area contributed by atoms with Gasteiger partial charge in [-0.05, 0) is 31.9 Å². The summed E-state index contributed by atoms with van der Waals surface area (Å²) >= 11 is 0. The SMILES string of the molecule is CC.CC(F)(F)F.COC(C)(C)c1ccccc1C. The Balaban J connectivity index is 0. The Morgan fingerprint density at radius 2 is 1.32 bits per heavy atom. The summed E-state index contributed by atoms with van der Waals surface area (Å²) < 4.78 is 36.5. The standard InChI is InChI=1S/C11H16O.C2H3F3.C2H6/c1-9-7-5-6-8-10(9)11(2,3)12-4;1-2(3,4)5;1-2/h5-8H,1-4H3;1H3;1-2H3. The Kier molecular flexibility index (Phi) is 9.58. The molecule has 0 aliphatic rings. The maximum atomic E-state index is 10.4.